The summed E-state index contributed by atoms with van der Waals surface area (Å²) in [6.07, 6.45) is 6.50. The van der Waals surface area contributed by atoms with Crippen molar-refractivity contribution in [3.05, 3.63) is 17.1 Å². The van der Waals surface area contributed by atoms with Gasteiger partial charge in [0.2, 0.25) is 11.8 Å². The normalized spacial score (nSPS) is 23.1. The molecule has 154 valence electrons. The Bertz CT molecular complexity index is 724. The molecule has 0 aromatic carbocycles. The van der Waals surface area contributed by atoms with Crippen LogP contribution >= 0.6 is 0 Å². The van der Waals surface area contributed by atoms with Gasteiger partial charge in [-0.3, -0.25) is 4.79 Å². The Balaban J connectivity index is 1.50. The van der Waals surface area contributed by atoms with Gasteiger partial charge in [0.25, 0.3) is 0 Å². The predicted octanol–water partition coefficient (Wildman–Crippen LogP) is 3.28. The second-order valence-electron chi connectivity index (χ2n) is 9.66. The van der Waals surface area contributed by atoms with Gasteiger partial charge in [-0.05, 0) is 31.1 Å². The van der Waals surface area contributed by atoms with Crippen LogP contribution in [0.1, 0.15) is 75.9 Å². The first-order chi connectivity index (χ1) is 13.4. The first-order valence-corrected chi connectivity index (χ1v) is 10.8. The van der Waals surface area contributed by atoms with E-state index in [0.717, 1.165) is 55.2 Å². The van der Waals surface area contributed by atoms with Crippen molar-refractivity contribution in [2.45, 2.75) is 77.7 Å². The van der Waals surface area contributed by atoms with E-state index in [9.17, 15) is 4.79 Å². The van der Waals surface area contributed by atoms with E-state index in [1.807, 2.05) is 4.90 Å². The van der Waals surface area contributed by atoms with E-state index in [1.54, 1.807) is 0 Å². The van der Waals surface area contributed by atoms with Gasteiger partial charge >= 0.3 is 0 Å². The number of amides is 1. The topological polar surface area (TPSA) is 64.6 Å². The molecule has 28 heavy (non-hydrogen) atoms. The molecule has 0 radical (unpaired) electrons. The van der Waals surface area contributed by atoms with Crippen molar-refractivity contribution in [2.24, 2.45) is 5.41 Å². The van der Waals surface area contributed by atoms with Crippen LogP contribution in [0.4, 0.5) is 0 Å². The zero-order chi connectivity index (χ0) is 19.7. The monoisotopic (exact) mass is 387 g/mol. The third-order valence-corrected chi connectivity index (χ3v) is 5.68. The van der Waals surface area contributed by atoms with Crippen molar-refractivity contribution in [1.29, 1.82) is 0 Å². The van der Waals surface area contributed by atoms with Gasteiger partial charge < -0.3 is 14.4 Å². The van der Waals surface area contributed by atoms with Gasteiger partial charge in [-0.15, -0.1) is 0 Å². The zero-order valence-corrected chi connectivity index (χ0v) is 17.5. The van der Waals surface area contributed by atoms with Crippen molar-refractivity contribution in [1.82, 2.24) is 14.9 Å². The summed E-state index contributed by atoms with van der Waals surface area (Å²) in [6, 6.07) is 0. The summed E-state index contributed by atoms with van der Waals surface area (Å²) in [5.41, 5.74) is 2.22. The van der Waals surface area contributed by atoms with Crippen LogP contribution in [0.25, 0.3) is 0 Å². The first kappa shape index (κ1) is 19.6. The second kappa shape index (κ2) is 7.97. The van der Waals surface area contributed by atoms with Crippen LogP contribution in [-0.2, 0) is 22.4 Å². The lowest BCUT2D eigenvalue weighted by Crippen LogP contribution is -2.45. The number of rotatable bonds is 4. The first-order valence-electron chi connectivity index (χ1n) is 10.8. The lowest BCUT2D eigenvalue weighted by atomic mass is 9.91. The molecule has 1 saturated carbocycles. The summed E-state index contributed by atoms with van der Waals surface area (Å²) in [4.78, 5) is 24.3. The number of carbonyl (C=O) groups is 1. The molecule has 6 heteroatoms. The van der Waals surface area contributed by atoms with E-state index in [2.05, 4.69) is 20.8 Å². The minimum Gasteiger partial charge on any atom is -0.472 e. The summed E-state index contributed by atoms with van der Waals surface area (Å²) >= 11 is 0. The average Bonchev–Trinajstić information content (AvgIpc) is 3.47. The molecule has 2 aliphatic heterocycles. The number of aromatic nitrogens is 2. The van der Waals surface area contributed by atoms with Gasteiger partial charge in [-0.2, -0.15) is 4.98 Å². The van der Waals surface area contributed by atoms with Crippen LogP contribution in [0, 0.1) is 5.41 Å². The maximum Gasteiger partial charge on any atom is 0.223 e. The van der Waals surface area contributed by atoms with E-state index in [4.69, 9.17) is 19.4 Å². The van der Waals surface area contributed by atoms with Crippen molar-refractivity contribution in [3.8, 4) is 5.88 Å². The van der Waals surface area contributed by atoms with E-state index in [-0.39, 0.29) is 17.4 Å². The fraction of sp³-hybridized carbons (Fsp3) is 0.773. The average molecular weight is 388 g/mol. The molecule has 0 N–H and O–H groups in total. The van der Waals surface area contributed by atoms with Crippen LogP contribution < -0.4 is 4.74 Å². The smallest absolute Gasteiger partial charge is 0.223 e. The highest BCUT2D eigenvalue weighted by atomic mass is 16.5. The number of nitrogens with zero attached hydrogens (tertiary/aromatic N) is 3. The summed E-state index contributed by atoms with van der Waals surface area (Å²) in [5.74, 6) is 2.40. The second-order valence-corrected chi connectivity index (χ2v) is 9.66. The fourth-order valence-electron chi connectivity index (χ4n) is 4.03. The molecule has 1 aromatic rings. The third-order valence-electron chi connectivity index (χ3n) is 5.68. The Morgan fingerprint density at radius 1 is 1.18 bits per heavy atom. The minimum absolute atomic E-state index is 0.00731. The summed E-state index contributed by atoms with van der Waals surface area (Å²) in [5, 5.41) is 0. The Labute approximate surface area is 168 Å². The van der Waals surface area contributed by atoms with E-state index >= 15 is 0 Å². The van der Waals surface area contributed by atoms with Gasteiger partial charge in [0.05, 0.1) is 25.5 Å². The van der Waals surface area contributed by atoms with Crippen LogP contribution in [0.15, 0.2) is 0 Å². The molecule has 1 aliphatic carbocycles. The zero-order valence-electron chi connectivity index (χ0n) is 17.5. The van der Waals surface area contributed by atoms with Gasteiger partial charge in [0.15, 0.2) is 0 Å². The molecule has 0 spiro atoms. The van der Waals surface area contributed by atoms with Crippen molar-refractivity contribution in [2.75, 3.05) is 26.3 Å². The van der Waals surface area contributed by atoms with Crippen LogP contribution in [-0.4, -0.2) is 53.2 Å². The predicted molar refractivity (Wildman–Crippen MR) is 107 cm³/mol. The number of hydrogen-bond donors (Lipinski definition) is 0. The Hall–Kier alpha value is -1.69. The van der Waals surface area contributed by atoms with Crippen LogP contribution in [0.2, 0.25) is 0 Å². The lowest BCUT2D eigenvalue weighted by molar-refractivity contribution is -0.135. The van der Waals surface area contributed by atoms with Crippen molar-refractivity contribution in [3.63, 3.8) is 0 Å². The lowest BCUT2D eigenvalue weighted by Gasteiger charge is -2.34. The molecule has 3 aliphatic rings. The molecule has 3 heterocycles. The van der Waals surface area contributed by atoms with Gasteiger partial charge in [0.1, 0.15) is 11.9 Å². The Morgan fingerprint density at radius 3 is 2.71 bits per heavy atom. The summed E-state index contributed by atoms with van der Waals surface area (Å²) < 4.78 is 12.1. The van der Waals surface area contributed by atoms with Gasteiger partial charge in [0, 0.05) is 37.3 Å². The molecular weight excluding hydrogens is 354 g/mol. The van der Waals surface area contributed by atoms with Gasteiger partial charge in [-0.25, -0.2) is 4.98 Å². The van der Waals surface area contributed by atoms with Gasteiger partial charge in [-0.1, -0.05) is 20.8 Å². The molecule has 6 nitrogen and oxygen atoms in total. The molecule has 2 fully saturated rings. The number of likely N-dealkylation sites (tertiary alicyclic amines) is 1. The summed E-state index contributed by atoms with van der Waals surface area (Å²) in [6.45, 7) is 9.23. The van der Waals surface area contributed by atoms with Crippen molar-refractivity contribution < 1.29 is 14.3 Å². The number of ether oxygens (including phenoxy) is 2. The van der Waals surface area contributed by atoms with Crippen molar-refractivity contribution >= 4 is 5.91 Å². The van der Waals surface area contributed by atoms with Crippen LogP contribution in [0.5, 0.6) is 5.88 Å². The molecule has 1 atom stereocenters. The largest absolute Gasteiger partial charge is 0.472 e. The third kappa shape index (κ3) is 4.83. The molecular formula is C22H33N3O3. The number of piperidine rings is 1. The fourth-order valence-corrected chi connectivity index (χ4v) is 4.03. The van der Waals surface area contributed by atoms with E-state index < -0.39 is 0 Å². The standard InChI is InChI=1S/C22H33N3O3/c1-22(2,3)13-19(26)25-10-4-5-16(14-25)28-21-17-8-11-27-12-9-18(17)23-20(24-21)15-6-7-15/h15-16H,4-14H2,1-3H3. The highest BCUT2D eigenvalue weighted by Gasteiger charge is 2.32. The molecule has 4 rings (SSSR count). The molecule has 1 amide bonds. The highest BCUT2D eigenvalue weighted by Crippen LogP contribution is 2.40. The Kier molecular flexibility index (Phi) is 5.59. The number of hydrogen-bond acceptors (Lipinski definition) is 5. The maximum atomic E-state index is 12.7. The maximum absolute atomic E-state index is 12.7. The van der Waals surface area contributed by atoms with E-state index in [0.29, 0.717) is 32.1 Å². The quantitative estimate of drug-likeness (QED) is 0.793. The number of carbonyl (C=O) groups excluding carboxylic acids is 1. The minimum atomic E-state index is 0.00731. The Morgan fingerprint density at radius 2 is 1.96 bits per heavy atom. The summed E-state index contributed by atoms with van der Waals surface area (Å²) in [7, 11) is 0. The molecule has 1 unspecified atom stereocenters. The van der Waals surface area contributed by atoms with E-state index in [1.165, 1.54) is 12.8 Å². The van der Waals surface area contributed by atoms with Crippen LogP contribution in [0.3, 0.4) is 0 Å². The number of fused-ring (bicyclic) bond motifs is 1. The molecule has 1 saturated heterocycles. The molecule has 0 bridgehead atoms. The highest BCUT2D eigenvalue weighted by molar-refractivity contribution is 5.77. The SMILES string of the molecule is CC(C)(C)CC(=O)N1CCCC(Oc2nc(C3CC3)nc3c2CCOCC3)C1. The molecule has 1 aromatic heterocycles.